The fraction of sp³-hybridized carbons (Fsp3) is 0.389. The normalized spacial score (nSPS) is 18.2. The van der Waals surface area contributed by atoms with E-state index in [9.17, 15) is 0 Å². The van der Waals surface area contributed by atoms with E-state index in [4.69, 9.17) is 4.42 Å². The number of rotatable bonds is 5. The molecule has 0 radical (unpaired) electrons. The van der Waals surface area contributed by atoms with Crippen LogP contribution in [-0.4, -0.2) is 32.6 Å². The molecule has 1 aliphatic rings. The largest absolute Gasteiger partial charge is 0.467 e. The van der Waals surface area contributed by atoms with Crippen molar-refractivity contribution in [3.8, 4) is 0 Å². The lowest BCUT2D eigenvalue weighted by molar-refractivity contribution is 0.499. The summed E-state index contributed by atoms with van der Waals surface area (Å²) >= 11 is 0. The predicted molar refractivity (Wildman–Crippen MR) is 93.7 cm³/mol. The number of guanidine groups is 1. The van der Waals surface area contributed by atoms with Crippen molar-refractivity contribution < 1.29 is 4.42 Å². The second-order valence-electron chi connectivity index (χ2n) is 5.82. The van der Waals surface area contributed by atoms with Crippen LogP contribution in [0.4, 0.5) is 5.69 Å². The van der Waals surface area contributed by atoms with Crippen LogP contribution in [0.25, 0.3) is 0 Å². The fourth-order valence-corrected chi connectivity index (χ4v) is 2.92. The van der Waals surface area contributed by atoms with E-state index in [1.54, 1.807) is 13.3 Å². The van der Waals surface area contributed by atoms with Gasteiger partial charge in [0.05, 0.1) is 12.8 Å². The second kappa shape index (κ2) is 7.72. The Balaban J connectivity index is 1.43. The summed E-state index contributed by atoms with van der Waals surface area (Å²) in [4.78, 5) is 6.71. The third-order valence-electron chi connectivity index (χ3n) is 4.20. The van der Waals surface area contributed by atoms with Gasteiger partial charge in [0.1, 0.15) is 5.76 Å². The molecule has 1 unspecified atom stereocenters. The first kappa shape index (κ1) is 15.5. The van der Waals surface area contributed by atoms with E-state index in [1.165, 1.54) is 12.1 Å². The minimum Gasteiger partial charge on any atom is -0.467 e. The maximum absolute atomic E-state index is 5.32. The van der Waals surface area contributed by atoms with Crippen molar-refractivity contribution in [2.45, 2.75) is 13.0 Å². The van der Waals surface area contributed by atoms with Crippen molar-refractivity contribution >= 4 is 11.6 Å². The molecule has 1 atom stereocenters. The molecule has 0 amide bonds. The molecule has 122 valence electrons. The predicted octanol–water partition coefficient (Wildman–Crippen LogP) is 2.47. The summed E-state index contributed by atoms with van der Waals surface area (Å²) in [5.41, 5.74) is 1.32. The highest BCUT2D eigenvalue weighted by Gasteiger charge is 2.22. The van der Waals surface area contributed by atoms with Gasteiger partial charge in [-0.25, -0.2) is 0 Å². The Hall–Kier alpha value is -2.43. The van der Waals surface area contributed by atoms with Gasteiger partial charge < -0.3 is 20.0 Å². The summed E-state index contributed by atoms with van der Waals surface area (Å²) < 4.78 is 5.32. The van der Waals surface area contributed by atoms with Crippen molar-refractivity contribution in [3.63, 3.8) is 0 Å². The maximum atomic E-state index is 5.32. The molecule has 1 fully saturated rings. The lowest BCUT2D eigenvalue weighted by Crippen LogP contribution is -2.39. The van der Waals surface area contributed by atoms with Crippen LogP contribution in [0.2, 0.25) is 0 Å². The molecule has 2 heterocycles. The van der Waals surface area contributed by atoms with Gasteiger partial charge in [-0.1, -0.05) is 18.2 Å². The summed E-state index contributed by atoms with van der Waals surface area (Å²) in [6, 6.07) is 14.5. The standard InChI is InChI=1S/C18H24N4O/c1-19-18(21-13-17-8-5-11-23-17)20-12-15-9-10-22(14-15)16-6-3-2-4-7-16/h2-8,11,15H,9-10,12-14H2,1H3,(H2,19,20,21). The number of furan rings is 1. The maximum Gasteiger partial charge on any atom is 0.191 e. The SMILES string of the molecule is CN=C(NCc1ccco1)NCC1CCN(c2ccccc2)C1. The van der Waals surface area contributed by atoms with Crippen molar-refractivity contribution in [2.24, 2.45) is 10.9 Å². The molecule has 1 aromatic heterocycles. The van der Waals surface area contributed by atoms with Gasteiger partial charge in [-0.2, -0.15) is 0 Å². The lowest BCUT2D eigenvalue weighted by atomic mass is 10.1. The molecule has 0 bridgehead atoms. The number of nitrogens with one attached hydrogen (secondary N) is 2. The third kappa shape index (κ3) is 4.28. The van der Waals surface area contributed by atoms with Crippen LogP contribution in [0.5, 0.6) is 0 Å². The van der Waals surface area contributed by atoms with Crippen LogP contribution in [0, 0.1) is 5.92 Å². The summed E-state index contributed by atoms with van der Waals surface area (Å²) in [6.07, 6.45) is 2.89. The smallest absolute Gasteiger partial charge is 0.191 e. The molecule has 0 saturated carbocycles. The summed E-state index contributed by atoms with van der Waals surface area (Å²) in [6.45, 7) is 3.79. The van der Waals surface area contributed by atoms with Gasteiger partial charge in [0.15, 0.2) is 5.96 Å². The molecule has 0 spiro atoms. The molecule has 5 heteroatoms. The van der Waals surface area contributed by atoms with Crippen molar-refractivity contribution in [1.82, 2.24) is 10.6 Å². The number of anilines is 1. The van der Waals surface area contributed by atoms with Crippen molar-refractivity contribution in [3.05, 3.63) is 54.5 Å². The Kier molecular flexibility index (Phi) is 5.19. The monoisotopic (exact) mass is 312 g/mol. The molecule has 1 saturated heterocycles. The molecule has 3 rings (SSSR count). The zero-order valence-corrected chi connectivity index (χ0v) is 13.5. The highest BCUT2D eigenvalue weighted by Crippen LogP contribution is 2.22. The molecule has 2 N–H and O–H groups in total. The van der Waals surface area contributed by atoms with Crippen LogP contribution >= 0.6 is 0 Å². The van der Waals surface area contributed by atoms with Crippen LogP contribution in [-0.2, 0) is 6.54 Å². The lowest BCUT2D eigenvalue weighted by Gasteiger charge is -2.19. The molecule has 1 aliphatic heterocycles. The average molecular weight is 312 g/mol. The molecule has 23 heavy (non-hydrogen) atoms. The first-order valence-corrected chi connectivity index (χ1v) is 8.12. The van der Waals surface area contributed by atoms with Crippen molar-refractivity contribution in [1.29, 1.82) is 0 Å². The van der Waals surface area contributed by atoms with Crippen LogP contribution in [0.15, 0.2) is 58.1 Å². The van der Waals surface area contributed by atoms with E-state index in [-0.39, 0.29) is 0 Å². The Bertz CT molecular complexity index is 609. The Labute approximate surface area is 137 Å². The first-order valence-electron chi connectivity index (χ1n) is 8.12. The summed E-state index contributed by atoms with van der Waals surface area (Å²) in [5.74, 6) is 2.36. The number of para-hydroxylation sites is 1. The number of nitrogens with zero attached hydrogens (tertiary/aromatic N) is 2. The van der Waals surface area contributed by atoms with E-state index in [0.717, 1.165) is 31.4 Å². The zero-order valence-electron chi connectivity index (χ0n) is 13.5. The minimum atomic E-state index is 0.636. The highest BCUT2D eigenvalue weighted by atomic mass is 16.3. The number of hydrogen-bond donors (Lipinski definition) is 2. The van der Waals surface area contributed by atoms with Gasteiger partial charge in [0.2, 0.25) is 0 Å². The van der Waals surface area contributed by atoms with E-state index >= 15 is 0 Å². The fourth-order valence-electron chi connectivity index (χ4n) is 2.92. The molecule has 1 aromatic carbocycles. The molecule has 2 aromatic rings. The first-order chi connectivity index (χ1) is 11.3. The van der Waals surface area contributed by atoms with Crippen molar-refractivity contribution in [2.75, 3.05) is 31.6 Å². The number of benzene rings is 1. The average Bonchev–Trinajstić information content (AvgIpc) is 3.27. The minimum absolute atomic E-state index is 0.636. The van der Waals surface area contributed by atoms with Gasteiger partial charge in [-0.15, -0.1) is 0 Å². The molecular formula is C18H24N4O. The zero-order chi connectivity index (χ0) is 15.9. The van der Waals surface area contributed by atoms with Crippen LogP contribution in [0.1, 0.15) is 12.2 Å². The van der Waals surface area contributed by atoms with Gasteiger partial charge in [0.25, 0.3) is 0 Å². The highest BCUT2D eigenvalue weighted by molar-refractivity contribution is 5.79. The topological polar surface area (TPSA) is 52.8 Å². The van der Waals surface area contributed by atoms with Gasteiger partial charge in [-0.3, -0.25) is 4.99 Å². The Morgan fingerprint density at radius 2 is 2.09 bits per heavy atom. The molecule has 0 aliphatic carbocycles. The number of hydrogen-bond acceptors (Lipinski definition) is 3. The van der Waals surface area contributed by atoms with E-state index < -0.39 is 0 Å². The van der Waals surface area contributed by atoms with Gasteiger partial charge in [0, 0.05) is 32.4 Å². The van der Waals surface area contributed by atoms with Gasteiger partial charge in [-0.05, 0) is 36.6 Å². The van der Waals surface area contributed by atoms with E-state index in [2.05, 4.69) is 50.9 Å². The molecular weight excluding hydrogens is 288 g/mol. The number of aliphatic imine (C=N–C) groups is 1. The van der Waals surface area contributed by atoms with Crippen LogP contribution < -0.4 is 15.5 Å². The summed E-state index contributed by atoms with van der Waals surface area (Å²) in [5, 5.41) is 6.69. The second-order valence-corrected chi connectivity index (χ2v) is 5.82. The Morgan fingerprint density at radius 1 is 1.22 bits per heavy atom. The van der Waals surface area contributed by atoms with E-state index in [1.807, 2.05) is 12.1 Å². The third-order valence-corrected chi connectivity index (χ3v) is 4.20. The van der Waals surface area contributed by atoms with Gasteiger partial charge >= 0.3 is 0 Å². The Morgan fingerprint density at radius 3 is 2.83 bits per heavy atom. The van der Waals surface area contributed by atoms with E-state index in [0.29, 0.717) is 12.5 Å². The summed E-state index contributed by atoms with van der Waals surface area (Å²) in [7, 11) is 1.79. The van der Waals surface area contributed by atoms with Crippen LogP contribution in [0.3, 0.4) is 0 Å². The molecule has 5 nitrogen and oxygen atoms in total. The quantitative estimate of drug-likeness (QED) is 0.658.